The lowest BCUT2D eigenvalue weighted by Gasteiger charge is -2.36. The number of nitrogens with zero attached hydrogens (tertiary/aromatic N) is 2. The van der Waals surface area contributed by atoms with E-state index in [4.69, 9.17) is 16.9 Å². The molecule has 0 radical (unpaired) electrons. The molecule has 1 N–H and O–H groups in total. The van der Waals surface area contributed by atoms with Crippen LogP contribution < -0.4 is 10.2 Å². The molecule has 1 aliphatic heterocycles. The van der Waals surface area contributed by atoms with Gasteiger partial charge < -0.3 is 10.2 Å². The normalized spacial score (nSPS) is 16.2. The zero-order valence-electron chi connectivity index (χ0n) is 13.4. The number of carbonyl (C=O) groups is 1. The molecular weight excluding hydrogens is 322 g/mol. The lowest BCUT2D eigenvalue weighted by atomic mass is 9.96. The number of hydrogen-bond acceptors (Lipinski definition) is 3. The van der Waals surface area contributed by atoms with Crippen LogP contribution in [0.3, 0.4) is 0 Å². The van der Waals surface area contributed by atoms with Gasteiger partial charge in [0.25, 0.3) is 0 Å². The van der Waals surface area contributed by atoms with Gasteiger partial charge in [0, 0.05) is 17.4 Å². The molecule has 1 aliphatic rings. The fourth-order valence-corrected chi connectivity index (χ4v) is 3.26. The van der Waals surface area contributed by atoms with E-state index in [1.807, 2.05) is 18.2 Å². The van der Waals surface area contributed by atoms with Gasteiger partial charge in [0.1, 0.15) is 6.07 Å². The molecule has 0 saturated heterocycles. The van der Waals surface area contributed by atoms with E-state index < -0.39 is 0 Å². The number of hydrogen-bond donors (Lipinski definition) is 1. The minimum Gasteiger partial charge on any atom is -0.359 e. The molecule has 122 valence electrons. The molecule has 2 aromatic rings. The summed E-state index contributed by atoms with van der Waals surface area (Å²) in [4.78, 5) is 14.6. The summed E-state index contributed by atoms with van der Waals surface area (Å²) in [6.07, 6.45) is 2.08. The Labute approximate surface area is 146 Å². The van der Waals surface area contributed by atoms with Gasteiger partial charge >= 0.3 is 0 Å². The van der Waals surface area contributed by atoms with Gasteiger partial charge in [-0.3, -0.25) is 4.79 Å². The van der Waals surface area contributed by atoms with Crippen molar-refractivity contribution in [3.8, 4) is 6.07 Å². The SMILES string of the molecule is C[C@@H]1CCc2ccccc2N1CC(=O)Nc1ccc(C#N)c(Cl)c1. The van der Waals surface area contributed by atoms with Crippen molar-refractivity contribution in [3.05, 3.63) is 58.6 Å². The van der Waals surface area contributed by atoms with Crippen molar-refractivity contribution in [2.24, 2.45) is 0 Å². The van der Waals surface area contributed by atoms with Gasteiger partial charge in [-0.1, -0.05) is 29.8 Å². The van der Waals surface area contributed by atoms with E-state index >= 15 is 0 Å². The minimum atomic E-state index is -0.0978. The van der Waals surface area contributed by atoms with E-state index in [2.05, 4.69) is 29.3 Å². The summed E-state index contributed by atoms with van der Waals surface area (Å²) in [5.74, 6) is -0.0978. The molecule has 5 heteroatoms. The number of aryl methyl sites for hydroxylation is 1. The third-order valence-corrected chi connectivity index (χ3v) is 4.66. The number of benzene rings is 2. The highest BCUT2D eigenvalue weighted by Crippen LogP contribution is 2.30. The van der Waals surface area contributed by atoms with Crippen LogP contribution >= 0.6 is 11.6 Å². The monoisotopic (exact) mass is 339 g/mol. The molecule has 3 rings (SSSR count). The largest absolute Gasteiger partial charge is 0.359 e. The molecule has 0 fully saturated rings. The first-order chi connectivity index (χ1) is 11.6. The molecule has 0 saturated carbocycles. The smallest absolute Gasteiger partial charge is 0.243 e. The number of amides is 1. The van der Waals surface area contributed by atoms with E-state index in [0.29, 0.717) is 22.3 Å². The quantitative estimate of drug-likeness (QED) is 0.919. The fraction of sp³-hybridized carbons (Fsp3) is 0.263. The first kappa shape index (κ1) is 16.4. The fourth-order valence-electron chi connectivity index (χ4n) is 3.04. The van der Waals surface area contributed by atoms with Crippen molar-refractivity contribution in [1.82, 2.24) is 0 Å². The van der Waals surface area contributed by atoms with E-state index in [0.717, 1.165) is 18.5 Å². The average Bonchev–Trinajstić information content (AvgIpc) is 2.58. The molecular formula is C19H18ClN3O. The van der Waals surface area contributed by atoms with Crippen molar-refractivity contribution >= 4 is 28.9 Å². The van der Waals surface area contributed by atoms with Crippen molar-refractivity contribution in [3.63, 3.8) is 0 Å². The Kier molecular flexibility index (Phi) is 4.73. The molecule has 1 atom stereocenters. The lowest BCUT2D eigenvalue weighted by molar-refractivity contribution is -0.115. The average molecular weight is 340 g/mol. The molecule has 24 heavy (non-hydrogen) atoms. The van der Waals surface area contributed by atoms with Crippen molar-refractivity contribution in [2.45, 2.75) is 25.8 Å². The highest BCUT2D eigenvalue weighted by Gasteiger charge is 2.24. The number of carbonyl (C=O) groups excluding carboxylic acids is 1. The Morgan fingerprint density at radius 2 is 2.17 bits per heavy atom. The number of fused-ring (bicyclic) bond motifs is 1. The topological polar surface area (TPSA) is 56.1 Å². The van der Waals surface area contributed by atoms with Crippen molar-refractivity contribution in [2.75, 3.05) is 16.8 Å². The predicted octanol–water partition coefficient (Wildman–Crippen LogP) is 3.99. The van der Waals surface area contributed by atoms with E-state index in [9.17, 15) is 4.79 Å². The second-order valence-electron chi connectivity index (χ2n) is 6.00. The highest BCUT2D eigenvalue weighted by atomic mass is 35.5. The zero-order chi connectivity index (χ0) is 17.1. The number of nitrogens with one attached hydrogen (secondary N) is 1. The maximum Gasteiger partial charge on any atom is 0.243 e. The van der Waals surface area contributed by atoms with Gasteiger partial charge in [0.2, 0.25) is 5.91 Å². The summed E-state index contributed by atoms with van der Waals surface area (Å²) < 4.78 is 0. The molecule has 2 aromatic carbocycles. The Hall–Kier alpha value is -2.51. The maximum absolute atomic E-state index is 12.4. The number of nitriles is 1. The van der Waals surface area contributed by atoms with Gasteiger partial charge in [-0.25, -0.2) is 0 Å². The highest BCUT2D eigenvalue weighted by molar-refractivity contribution is 6.32. The van der Waals surface area contributed by atoms with Crippen LogP contribution in [0.15, 0.2) is 42.5 Å². The number of rotatable bonds is 3. The summed E-state index contributed by atoms with van der Waals surface area (Å²) in [6.45, 7) is 2.43. The summed E-state index contributed by atoms with van der Waals surface area (Å²) in [5.41, 5.74) is 3.41. The maximum atomic E-state index is 12.4. The molecule has 0 spiro atoms. The van der Waals surface area contributed by atoms with Crippen LogP contribution in [0, 0.1) is 11.3 Å². The lowest BCUT2D eigenvalue weighted by Crippen LogP contribution is -2.42. The molecule has 0 bridgehead atoms. The molecule has 0 aromatic heterocycles. The van der Waals surface area contributed by atoms with E-state index in [1.54, 1.807) is 18.2 Å². The second-order valence-corrected chi connectivity index (χ2v) is 6.41. The first-order valence-corrected chi connectivity index (χ1v) is 8.30. The van der Waals surface area contributed by atoms with Gasteiger partial charge in [-0.15, -0.1) is 0 Å². The summed E-state index contributed by atoms with van der Waals surface area (Å²) in [7, 11) is 0. The molecule has 4 nitrogen and oxygen atoms in total. The Bertz CT molecular complexity index is 812. The Morgan fingerprint density at radius 3 is 2.92 bits per heavy atom. The summed E-state index contributed by atoms with van der Waals surface area (Å²) in [5, 5.41) is 12.1. The van der Waals surface area contributed by atoms with Crippen LogP contribution in [0.1, 0.15) is 24.5 Å². The standard InChI is InChI=1S/C19H18ClN3O/c1-13-6-7-14-4-2-3-5-18(14)23(13)12-19(24)22-16-9-8-15(11-21)17(20)10-16/h2-5,8-10,13H,6-7,12H2,1H3,(H,22,24)/t13-/m1/s1. The zero-order valence-corrected chi connectivity index (χ0v) is 14.2. The number of para-hydroxylation sites is 1. The molecule has 1 amide bonds. The minimum absolute atomic E-state index is 0.0978. The van der Waals surface area contributed by atoms with Crippen molar-refractivity contribution in [1.29, 1.82) is 5.26 Å². The second kappa shape index (κ2) is 6.94. The predicted molar refractivity (Wildman–Crippen MR) is 96.4 cm³/mol. The number of anilines is 2. The van der Waals surface area contributed by atoms with Gasteiger partial charge in [-0.05, 0) is 49.6 Å². The third kappa shape index (κ3) is 3.37. The summed E-state index contributed by atoms with van der Waals surface area (Å²) in [6, 6.07) is 15.4. The van der Waals surface area contributed by atoms with Gasteiger partial charge in [0.15, 0.2) is 0 Å². The molecule has 1 heterocycles. The first-order valence-electron chi connectivity index (χ1n) is 7.92. The Balaban J connectivity index is 1.73. The van der Waals surface area contributed by atoms with Crippen molar-refractivity contribution < 1.29 is 4.79 Å². The summed E-state index contributed by atoms with van der Waals surface area (Å²) >= 11 is 6.01. The van der Waals surface area contributed by atoms with E-state index in [-0.39, 0.29) is 12.5 Å². The third-order valence-electron chi connectivity index (χ3n) is 4.35. The van der Waals surface area contributed by atoms with Gasteiger partial charge in [0.05, 0.1) is 17.1 Å². The van der Waals surface area contributed by atoms with Crippen LogP contribution in [0.25, 0.3) is 0 Å². The van der Waals surface area contributed by atoms with E-state index in [1.165, 1.54) is 5.56 Å². The van der Waals surface area contributed by atoms with Gasteiger partial charge in [-0.2, -0.15) is 5.26 Å². The molecule has 0 unspecified atom stereocenters. The molecule has 0 aliphatic carbocycles. The van der Waals surface area contributed by atoms with Crippen LogP contribution in [0.4, 0.5) is 11.4 Å². The van der Waals surface area contributed by atoms with Crippen LogP contribution in [-0.4, -0.2) is 18.5 Å². The Morgan fingerprint density at radius 1 is 1.38 bits per heavy atom. The van der Waals surface area contributed by atoms with Crippen LogP contribution in [0.2, 0.25) is 5.02 Å². The number of halogens is 1. The van der Waals surface area contributed by atoms with Crippen LogP contribution in [-0.2, 0) is 11.2 Å². The van der Waals surface area contributed by atoms with Crippen LogP contribution in [0.5, 0.6) is 0 Å².